The lowest BCUT2D eigenvalue weighted by Gasteiger charge is -2.08. The minimum atomic E-state index is -3.13. The smallest absolute Gasteiger partial charge is 0.213 e. The molecular formula is C9H16N2O2S2. The normalized spacial score (nSPS) is 12.3. The van der Waals surface area contributed by atoms with E-state index in [0.717, 1.165) is 10.7 Å². The molecule has 1 heterocycles. The highest BCUT2D eigenvalue weighted by molar-refractivity contribution is 7.90. The number of nitrogens with zero attached hydrogens (tertiary/aromatic N) is 1. The van der Waals surface area contributed by atoms with Crippen LogP contribution >= 0.6 is 11.3 Å². The van der Waals surface area contributed by atoms with Gasteiger partial charge in [-0.1, -0.05) is 0 Å². The maximum atomic E-state index is 11.4. The molecule has 0 aliphatic heterocycles. The van der Waals surface area contributed by atoms with Crippen LogP contribution in [0.5, 0.6) is 0 Å². The van der Waals surface area contributed by atoms with E-state index in [2.05, 4.69) is 9.71 Å². The molecule has 6 heteroatoms. The van der Waals surface area contributed by atoms with Gasteiger partial charge in [0.25, 0.3) is 0 Å². The first-order chi connectivity index (χ1) is 6.92. The summed E-state index contributed by atoms with van der Waals surface area (Å²) in [5.74, 6) is 0. The fourth-order valence-corrected chi connectivity index (χ4v) is 2.48. The van der Waals surface area contributed by atoms with Crippen molar-refractivity contribution in [3.63, 3.8) is 0 Å². The molecule has 86 valence electrons. The van der Waals surface area contributed by atoms with Gasteiger partial charge in [0, 0.05) is 24.0 Å². The van der Waals surface area contributed by atoms with Gasteiger partial charge in [-0.25, -0.2) is 18.1 Å². The lowest BCUT2D eigenvalue weighted by atomic mass is 10.4. The van der Waals surface area contributed by atoms with Gasteiger partial charge in [-0.3, -0.25) is 0 Å². The van der Waals surface area contributed by atoms with Crippen LogP contribution in [0.2, 0.25) is 0 Å². The molecular weight excluding hydrogens is 232 g/mol. The van der Waals surface area contributed by atoms with Crippen molar-refractivity contribution in [2.45, 2.75) is 32.4 Å². The Morgan fingerprint density at radius 3 is 2.67 bits per heavy atom. The van der Waals surface area contributed by atoms with E-state index < -0.39 is 10.0 Å². The number of nitrogens with one attached hydrogen (secondary N) is 1. The summed E-state index contributed by atoms with van der Waals surface area (Å²) in [5.41, 5.74) is 0.988. The Bertz CT molecular complexity index is 410. The van der Waals surface area contributed by atoms with E-state index in [0.29, 0.717) is 13.0 Å². The van der Waals surface area contributed by atoms with Gasteiger partial charge in [-0.2, -0.15) is 0 Å². The fourth-order valence-electron chi connectivity index (χ4n) is 0.984. The van der Waals surface area contributed by atoms with Gasteiger partial charge >= 0.3 is 0 Å². The summed E-state index contributed by atoms with van der Waals surface area (Å²) in [6.07, 6.45) is 0.657. The summed E-state index contributed by atoms with van der Waals surface area (Å²) in [6.45, 7) is 5.68. The summed E-state index contributed by atoms with van der Waals surface area (Å²) in [7, 11) is -3.13. The highest BCUT2D eigenvalue weighted by Gasteiger charge is 2.14. The third-order valence-corrected chi connectivity index (χ3v) is 4.80. The molecule has 0 radical (unpaired) electrons. The number of hydrogen-bond acceptors (Lipinski definition) is 4. The third kappa shape index (κ3) is 3.89. The third-order valence-electron chi connectivity index (χ3n) is 1.93. The van der Waals surface area contributed by atoms with Gasteiger partial charge in [0.15, 0.2) is 0 Å². The van der Waals surface area contributed by atoms with Crippen molar-refractivity contribution >= 4 is 21.4 Å². The maximum Gasteiger partial charge on any atom is 0.213 e. The van der Waals surface area contributed by atoms with Crippen molar-refractivity contribution in [1.82, 2.24) is 9.71 Å². The van der Waals surface area contributed by atoms with Gasteiger partial charge in [0.05, 0.1) is 10.3 Å². The molecule has 15 heavy (non-hydrogen) atoms. The second-order valence-electron chi connectivity index (χ2n) is 3.62. The lowest BCUT2D eigenvalue weighted by Crippen LogP contribution is -2.32. The van der Waals surface area contributed by atoms with Gasteiger partial charge in [0.1, 0.15) is 0 Å². The topological polar surface area (TPSA) is 59.1 Å². The summed E-state index contributed by atoms with van der Waals surface area (Å²) >= 11 is 1.56. The van der Waals surface area contributed by atoms with Crippen LogP contribution in [0, 0.1) is 6.92 Å². The molecule has 0 bridgehead atoms. The quantitative estimate of drug-likeness (QED) is 0.855. The van der Waals surface area contributed by atoms with Gasteiger partial charge in [-0.05, 0) is 20.8 Å². The van der Waals surface area contributed by atoms with Crippen LogP contribution in [0.4, 0.5) is 0 Å². The van der Waals surface area contributed by atoms with E-state index in [1.54, 1.807) is 25.2 Å². The summed E-state index contributed by atoms with van der Waals surface area (Å²) < 4.78 is 25.4. The summed E-state index contributed by atoms with van der Waals surface area (Å²) in [4.78, 5) is 4.26. The number of rotatable bonds is 5. The Kier molecular flexibility index (Phi) is 4.24. The van der Waals surface area contributed by atoms with Crippen LogP contribution in [0.3, 0.4) is 0 Å². The van der Waals surface area contributed by atoms with E-state index in [1.807, 2.05) is 12.3 Å². The van der Waals surface area contributed by atoms with Crippen molar-refractivity contribution in [2.24, 2.45) is 0 Å². The second kappa shape index (κ2) is 5.05. The van der Waals surface area contributed by atoms with Crippen LogP contribution in [-0.2, 0) is 16.4 Å². The molecule has 0 fully saturated rings. The molecule has 0 atom stereocenters. The van der Waals surface area contributed by atoms with E-state index in [-0.39, 0.29) is 5.25 Å². The zero-order valence-corrected chi connectivity index (χ0v) is 10.8. The molecule has 0 spiro atoms. The number of aryl methyl sites for hydroxylation is 1. The molecule has 0 unspecified atom stereocenters. The van der Waals surface area contributed by atoms with Crippen molar-refractivity contribution in [3.8, 4) is 0 Å². The molecule has 1 rings (SSSR count). The zero-order valence-electron chi connectivity index (χ0n) is 9.15. The molecule has 0 saturated carbocycles. The molecule has 0 saturated heterocycles. The van der Waals surface area contributed by atoms with E-state index in [1.165, 1.54) is 0 Å². The van der Waals surface area contributed by atoms with E-state index >= 15 is 0 Å². The first-order valence-corrected chi connectivity index (χ1v) is 7.24. The van der Waals surface area contributed by atoms with Crippen LogP contribution in [0.15, 0.2) is 5.38 Å². The second-order valence-corrected chi connectivity index (χ2v) is 6.88. The van der Waals surface area contributed by atoms with Crippen molar-refractivity contribution in [3.05, 3.63) is 16.1 Å². The maximum absolute atomic E-state index is 11.4. The van der Waals surface area contributed by atoms with Crippen molar-refractivity contribution in [1.29, 1.82) is 0 Å². The Hall–Kier alpha value is -0.460. The fraction of sp³-hybridized carbons (Fsp3) is 0.667. The first kappa shape index (κ1) is 12.6. The van der Waals surface area contributed by atoms with Crippen LogP contribution in [0.25, 0.3) is 0 Å². The standard InChI is InChI=1S/C9H16N2O2S2/c1-7(2)15(12,13)10-5-4-9-11-8(3)6-14-9/h6-7,10H,4-5H2,1-3H3. The molecule has 1 aromatic rings. The monoisotopic (exact) mass is 248 g/mol. The number of hydrogen-bond donors (Lipinski definition) is 1. The Balaban J connectivity index is 2.40. The molecule has 1 N–H and O–H groups in total. The van der Waals surface area contributed by atoms with Crippen LogP contribution < -0.4 is 4.72 Å². The van der Waals surface area contributed by atoms with Gasteiger partial charge < -0.3 is 0 Å². The molecule has 0 amide bonds. The molecule has 4 nitrogen and oxygen atoms in total. The van der Waals surface area contributed by atoms with Crippen molar-refractivity contribution in [2.75, 3.05) is 6.54 Å². The summed E-state index contributed by atoms with van der Waals surface area (Å²) in [6, 6.07) is 0. The Morgan fingerprint density at radius 1 is 1.53 bits per heavy atom. The van der Waals surface area contributed by atoms with E-state index in [4.69, 9.17) is 0 Å². The molecule has 0 aromatic carbocycles. The predicted molar refractivity (Wildman–Crippen MR) is 62.6 cm³/mol. The zero-order chi connectivity index (χ0) is 11.5. The Labute approximate surface area is 94.8 Å². The SMILES string of the molecule is Cc1csc(CCNS(=O)(=O)C(C)C)n1. The predicted octanol–water partition coefficient (Wildman–Crippen LogP) is 1.32. The van der Waals surface area contributed by atoms with Gasteiger partial charge in [0.2, 0.25) is 10.0 Å². The lowest BCUT2D eigenvalue weighted by molar-refractivity contribution is 0.572. The number of sulfonamides is 1. The average molecular weight is 248 g/mol. The largest absolute Gasteiger partial charge is 0.247 e. The van der Waals surface area contributed by atoms with Crippen LogP contribution in [-0.4, -0.2) is 25.2 Å². The summed E-state index contributed by atoms with van der Waals surface area (Å²) in [5, 5.41) is 2.56. The molecule has 0 aliphatic carbocycles. The molecule has 1 aromatic heterocycles. The highest BCUT2D eigenvalue weighted by Crippen LogP contribution is 2.08. The van der Waals surface area contributed by atoms with Crippen molar-refractivity contribution < 1.29 is 8.42 Å². The number of thiazole rings is 1. The van der Waals surface area contributed by atoms with E-state index in [9.17, 15) is 8.42 Å². The highest BCUT2D eigenvalue weighted by atomic mass is 32.2. The van der Waals surface area contributed by atoms with Gasteiger partial charge in [-0.15, -0.1) is 11.3 Å². The van der Waals surface area contributed by atoms with Crippen LogP contribution in [0.1, 0.15) is 24.5 Å². The minimum Gasteiger partial charge on any atom is -0.247 e. The molecule has 0 aliphatic rings. The minimum absolute atomic E-state index is 0.379. The first-order valence-electron chi connectivity index (χ1n) is 4.81. The Morgan fingerprint density at radius 2 is 2.20 bits per heavy atom. The number of aromatic nitrogens is 1. The average Bonchev–Trinajstić information content (AvgIpc) is 2.51.